The average Bonchev–Trinajstić information content (AvgIpc) is 3.15. The number of rotatable bonds is 4. The van der Waals surface area contributed by atoms with Crippen LogP contribution in [0.2, 0.25) is 0 Å². The maximum atomic E-state index is 12.2. The van der Waals surface area contributed by atoms with Crippen LogP contribution in [0.1, 0.15) is 61.3 Å². The quantitative estimate of drug-likeness (QED) is 0.668. The van der Waals surface area contributed by atoms with Gasteiger partial charge in [-0.2, -0.15) is 0 Å². The first kappa shape index (κ1) is 20.7. The summed E-state index contributed by atoms with van der Waals surface area (Å²) in [5, 5.41) is 2.99. The Morgan fingerprint density at radius 1 is 1.12 bits per heavy atom. The number of carbonyl (C=O) groups is 1. The molecule has 2 aromatic heterocycles. The Kier molecular flexibility index (Phi) is 5.45. The molecule has 0 spiro atoms. The third kappa shape index (κ3) is 3.68. The minimum absolute atomic E-state index is 0.0186. The number of nitrogens with one attached hydrogen (secondary N) is 1. The highest BCUT2D eigenvalue weighted by Gasteiger charge is 2.27. The lowest BCUT2D eigenvalue weighted by molar-refractivity contribution is -0.123. The van der Waals surface area contributed by atoms with Gasteiger partial charge >= 0.3 is 0 Å². The van der Waals surface area contributed by atoms with E-state index in [0.29, 0.717) is 5.92 Å². The second-order valence-corrected chi connectivity index (χ2v) is 9.20. The lowest BCUT2D eigenvalue weighted by Crippen LogP contribution is -2.35. The molecular weight excluding hydrogens is 398 g/mol. The van der Waals surface area contributed by atoms with E-state index in [4.69, 9.17) is 4.98 Å². The van der Waals surface area contributed by atoms with Gasteiger partial charge in [0.15, 0.2) is 0 Å². The molecule has 6 heteroatoms. The summed E-state index contributed by atoms with van der Waals surface area (Å²) in [6.45, 7) is 9.93. The number of pyridine rings is 1. The Bertz CT molecular complexity index is 1130. The maximum absolute atomic E-state index is 12.2. The first-order valence-electron chi connectivity index (χ1n) is 11.7. The van der Waals surface area contributed by atoms with Crippen LogP contribution in [0.4, 0.5) is 5.69 Å². The molecule has 0 saturated carbocycles. The van der Waals surface area contributed by atoms with Crippen LogP contribution in [-0.4, -0.2) is 33.5 Å². The predicted molar refractivity (Wildman–Crippen MR) is 127 cm³/mol. The Labute approximate surface area is 189 Å². The summed E-state index contributed by atoms with van der Waals surface area (Å²) in [5.41, 5.74) is 6.84. The van der Waals surface area contributed by atoms with E-state index in [1.54, 1.807) is 0 Å². The zero-order valence-electron chi connectivity index (χ0n) is 19.1. The van der Waals surface area contributed by atoms with Crippen molar-refractivity contribution in [1.29, 1.82) is 0 Å². The summed E-state index contributed by atoms with van der Waals surface area (Å²) in [7, 11) is 0. The van der Waals surface area contributed by atoms with Crippen molar-refractivity contribution >= 4 is 11.6 Å². The number of anilines is 1. The summed E-state index contributed by atoms with van der Waals surface area (Å²) in [6.07, 6.45) is 3.85. The lowest BCUT2D eigenvalue weighted by atomic mass is 9.91. The van der Waals surface area contributed by atoms with E-state index in [0.717, 1.165) is 67.4 Å². The number of piperidine rings is 1. The van der Waals surface area contributed by atoms with Crippen LogP contribution >= 0.6 is 0 Å². The van der Waals surface area contributed by atoms with Gasteiger partial charge in [0, 0.05) is 37.1 Å². The third-order valence-corrected chi connectivity index (χ3v) is 6.78. The van der Waals surface area contributed by atoms with E-state index < -0.39 is 0 Å². The number of carbonyl (C=O) groups excluding carboxylic acids is 1. The molecule has 2 aliphatic heterocycles. The SMILES string of the molecule is Cc1nc(-c2cccnc2C(C)C)c2n1CCN(c1ccc(C3CCCNC3=O)cc1)C2. The standard InChI is InChI=1S/C26H31N5O/c1-17(2)24-22(7-5-12-27-24)25-23-16-30(14-15-31(23)18(3)29-25)20-10-8-19(9-11-20)21-6-4-13-28-26(21)32/h5,7-12,17,21H,4,6,13-16H2,1-3H3,(H,28,32). The fourth-order valence-electron chi connectivity index (χ4n) is 5.07. The predicted octanol–water partition coefficient (Wildman–Crippen LogP) is 4.39. The Morgan fingerprint density at radius 3 is 2.69 bits per heavy atom. The Hall–Kier alpha value is -3.15. The fraction of sp³-hybridized carbons (Fsp3) is 0.423. The number of benzene rings is 1. The first-order chi connectivity index (χ1) is 15.5. The molecule has 1 amide bonds. The number of aromatic nitrogens is 3. The largest absolute Gasteiger partial charge is 0.364 e. The van der Waals surface area contributed by atoms with Gasteiger partial charge in [0.2, 0.25) is 5.91 Å². The van der Waals surface area contributed by atoms with E-state index >= 15 is 0 Å². The molecule has 1 aromatic carbocycles. The fourth-order valence-corrected chi connectivity index (χ4v) is 5.07. The molecule has 6 nitrogen and oxygen atoms in total. The van der Waals surface area contributed by atoms with Gasteiger partial charge in [0.05, 0.1) is 29.5 Å². The smallest absolute Gasteiger partial charge is 0.227 e. The molecule has 32 heavy (non-hydrogen) atoms. The molecule has 3 aromatic rings. The number of nitrogens with zero attached hydrogens (tertiary/aromatic N) is 4. The molecule has 1 fully saturated rings. The normalized spacial score (nSPS) is 18.6. The highest BCUT2D eigenvalue weighted by Crippen LogP contribution is 2.34. The molecule has 4 heterocycles. The van der Waals surface area contributed by atoms with Gasteiger partial charge in [-0.05, 0) is 55.5 Å². The summed E-state index contributed by atoms with van der Waals surface area (Å²) >= 11 is 0. The molecule has 1 unspecified atom stereocenters. The van der Waals surface area contributed by atoms with Gasteiger partial charge in [0.25, 0.3) is 0 Å². The van der Waals surface area contributed by atoms with E-state index in [-0.39, 0.29) is 11.8 Å². The van der Waals surface area contributed by atoms with Crippen LogP contribution in [0, 0.1) is 6.92 Å². The van der Waals surface area contributed by atoms with Gasteiger partial charge in [-0.15, -0.1) is 0 Å². The van der Waals surface area contributed by atoms with Crippen molar-refractivity contribution in [2.45, 2.75) is 58.5 Å². The van der Waals surface area contributed by atoms with Crippen LogP contribution in [0.3, 0.4) is 0 Å². The van der Waals surface area contributed by atoms with E-state index in [1.807, 2.05) is 12.3 Å². The van der Waals surface area contributed by atoms with Crippen LogP contribution in [0.5, 0.6) is 0 Å². The molecule has 0 radical (unpaired) electrons. The molecule has 2 aliphatic rings. The minimum Gasteiger partial charge on any atom is -0.364 e. The van der Waals surface area contributed by atoms with E-state index in [9.17, 15) is 4.79 Å². The van der Waals surface area contributed by atoms with Gasteiger partial charge < -0.3 is 14.8 Å². The van der Waals surface area contributed by atoms with Crippen molar-refractivity contribution in [1.82, 2.24) is 19.9 Å². The molecule has 1 atom stereocenters. The molecule has 5 rings (SSSR count). The monoisotopic (exact) mass is 429 g/mol. The third-order valence-electron chi connectivity index (χ3n) is 6.78. The van der Waals surface area contributed by atoms with Crippen LogP contribution in [0.25, 0.3) is 11.3 Å². The number of hydrogen-bond acceptors (Lipinski definition) is 4. The van der Waals surface area contributed by atoms with Crippen LogP contribution < -0.4 is 10.2 Å². The van der Waals surface area contributed by atoms with Crippen molar-refractivity contribution in [2.24, 2.45) is 0 Å². The molecule has 0 aliphatic carbocycles. The first-order valence-corrected chi connectivity index (χ1v) is 11.7. The van der Waals surface area contributed by atoms with Crippen molar-refractivity contribution < 1.29 is 4.79 Å². The Balaban J connectivity index is 1.43. The molecular formula is C26H31N5O. The highest BCUT2D eigenvalue weighted by atomic mass is 16.1. The van der Waals surface area contributed by atoms with Crippen molar-refractivity contribution in [3.63, 3.8) is 0 Å². The Morgan fingerprint density at radius 2 is 1.94 bits per heavy atom. The van der Waals surface area contributed by atoms with Crippen molar-refractivity contribution in [2.75, 3.05) is 18.0 Å². The average molecular weight is 430 g/mol. The maximum Gasteiger partial charge on any atom is 0.227 e. The molecule has 0 bridgehead atoms. The summed E-state index contributed by atoms with van der Waals surface area (Å²) in [5.74, 6) is 1.54. The zero-order chi connectivity index (χ0) is 22.2. The van der Waals surface area contributed by atoms with E-state index in [2.05, 4.69) is 70.9 Å². The highest BCUT2D eigenvalue weighted by molar-refractivity contribution is 5.84. The van der Waals surface area contributed by atoms with Crippen molar-refractivity contribution in [3.05, 3.63) is 65.4 Å². The zero-order valence-corrected chi connectivity index (χ0v) is 19.1. The van der Waals surface area contributed by atoms with Gasteiger partial charge in [-0.1, -0.05) is 26.0 Å². The van der Waals surface area contributed by atoms with Crippen LogP contribution in [0.15, 0.2) is 42.6 Å². The molecule has 1 N–H and O–H groups in total. The van der Waals surface area contributed by atoms with Crippen molar-refractivity contribution in [3.8, 4) is 11.3 Å². The number of imidazole rings is 1. The second-order valence-electron chi connectivity index (χ2n) is 9.20. The summed E-state index contributed by atoms with van der Waals surface area (Å²) in [4.78, 5) is 24.3. The number of hydrogen-bond donors (Lipinski definition) is 1. The summed E-state index contributed by atoms with van der Waals surface area (Å²) in [6, 6.07) is 12.7. The van der Waals surface area contributed by atoms with E-state index in [1.165, 1.54) is 11.4 Å². The number of aryl methyl sites for hydroxylation is 1. The minimum atomic E-state index is -0.0186. The summed E-state index contributed by atoms with van der Waals surface area (Å²) < 4.78 is 2.35. The number of amides is 1. The lowest BCUT2D eigenvalue weighted by Gasteiger charge is -2.31. The van der Waals surface area contributed by atoms with Gasteiger partial charge in [-0.3, -0.25) is 9.78 Å². The van der Waals surface area contributed by atoms with Gasteiger partial charge in [-0.25, -0.2) is 4.98 Å². The molecule has 1 saturated heterocycles. The van der Waals surface area contributed by atoms with Crippen LogP contribution in [-0.2, 0) is 17.9 Å². The topological polar surface area (TPSA) is 63.1 Å². The second kappa shape index (κ2) is 8.41. The molecule has 166 valence electrons. The van der Waals surface area contributed by atoms with Gasteiger partial charge in [0.1, 0.15) is 5.82 Å². The number of fused-ring (bicyclic) bond motifs is 1.